The van der Waals surface area contributed by atoms with Gasteiger partial charge in [0.25, 0.3) is 0 Å². The molecule has 1 fully saturated rings. The molecule has 1 heterocycles. The van der Waals surface area contributed by atoms with E-state index in [-0.39, 0.29) is 12.5 Å². The van der Waals surface area contributed by atoms with Crippen LogP contribution in [-0.4, -0.2) is 44.5 Å². The molecular weight excluding hydrogens is 236 g/mol. The van der Waals surface area contributed by atoms with Crippen molar-refractivity contribution in [3.63, 3.8) is 0 Å². The van der Waals surface area contributed by atoms with Gasteiger partial charge in [0, 0.05) is 13.0 Å². The van der Waals surface area contributed by atoms with E-state index in [1.54, 1.807) is 4.68 Å². The number of ether oxygens (including phenoxy) is 1. The third-order valence-corrected chi connectivity index (χ3v) is 3.10. The van der Waals surface area contributed by atoms with Crippen LogP contribution in [0.5, 0.6) is 0 Å². The lowest BCUT2D eigenvalue weighted by Gasteiger charge is -2.15. The van der Waals surface area contributed by atoms with Crippen LogP contribution in [0.3, 0.4) is 0 Å². The van der Waals surface area contributed by atoms with E-state index in [1.165, 1.54) is 0 Å². The number of carboxylic acids is 1. The van der Waals surface area contributed by atoms with E-state index in [0.717, 1.165) is 12.8 Å². The average Bonchev–Trinajstić information content (AvgIpc) is 3.06. The van der Waals surface area contributed by atoms with Crippen molar-refractivity contribution < 1.29 is 14.6 Å². The first-order chi connectivity index (χ1) is 8.72. The van der Waals surface area contributed by atoms with Crippen molar-refractivity contribution in [2.75, 3.05) is 13.2 Å². The van der Waals surface area contributed by atoms with Crippen LogP contribution in [0, 0.1) is 5.92 Å². The van der Waals surface area contributed by atoms with E-state index in [1.807, 2.05) is 6.92 Å². The van der Waals surface area contributed by atoms with Gasteiger partial charge < -0.3 is 9.84 Å². The van der Waals surface area contributed by atoms with Crippen molar-refractivity contribution >= 4 is 5.97 Å². The van der Waals surface area contributed by atoms with Crippen LogP contribution >= 0.6 is 0 Å². The first-order valence-corrected chi connectivity index (χ1v) is 6.28. The Labute approximate surface area is 105 Å². The minimum absolute atomic E-state index is 0.0807. The molecule has 1 aliphatic carbocycles. The molecule has 1 aromatic heterocycles. The van der Waals surface area contributed by atoms with Gasteiger partial charge in [0.1, 0.15) is 0 Å². The van der Waals surface area contributed by atoms with E-state index < -0.39 is 5.97 Å². The summed E-state index contributed by atoms with van der Waals surface area (Å²) in [5.74, 6) is 0.301. The third kappa shape index (κ3) is 3.25. The Kier molecular flexibility index (Phi) is 4.24. The molecular formula is C11H18N4O3. The Morgan fingerprint density at radius 3 is 3.00 bits per heavy atom. The molecule has 1 saturated carbocycles. The molecule has 0 aromatic carbocycles. The molecule has 2 rings (SSSR count). The van der Waals surface area contributed by atoms with Gasteiger partial charge >= 0.3 is 5.97 Å². The number of hydrogen-bond donors (Lipinski definition) is 1. The van der Waals surface area contributed by atoms with Crippen LogP contribution in [0.25, 0.3) is 0 Å². The van der Waals surface area contributed by atoms with E-state index in [4.69, 9.17) is 9.84 Å². The van der Waals surface area contributed by atoms with Gasteiger partial charge in [-0.1, -0.05) is 0 Å². The maximum absolute atomic E-state index is 10.9. The lowest BCUT2D eigenvalue weighted by Crippen LogP contribution is -2.20. The predicted molar refractivity (Wildman–Crippen MR) is 62.0 cm³/mol. The van der Waals surface area contributed by atoms with Crippen LogP contribution in [0.4, 0.5) is 0 Å². The molecule has 0 radical (unpaired) electrons. The van der Waals surface area contributed by atoms with Crippen molar-refractivity contribution in [3.05, 3.63) is 5.82 Å². The molecule has 1 aromatic rings. The number of aromatic nitrogens is 4. The number of carboxylic acid groups (broad SMARTS) is 1. The zero-order valence-electron chi connectivity index (χ0n) is 10.4. The molecule has 1 aliphatic rings. The molecule has 0 saturated heterocycles. The van der Waals surface area contributed by atoms with Gasteiger partial charge in [0.2, 0.25) is 0 Å². The van der Waals surface area contributed by atoms with Gasteiger partial charge in [-0.3, -0.25) is 4.79 Å². The Morgan fingerprint density at radius 2 is 2.39 bits per heavy atom. The highest BCUT2D eigenvalue weighted by Crippen LogP contribution is 2.41. The van der Waals surface area contributed by atoms with Crippen molar-refractivity contribution in [1.29, 1.82) is 0 Å². The lowest BCUT2D eigenvalue weighted by molar-refractivity contribution is -0.138. The molecule has 18 heavy (non-hydrogen) atoms. The van der Waals surface area contributed by atoms with Crippen LogP contribution in [0.2, 0.25) is 0 Å². The third-order valence-electron chi connectivity index (χ3n) is 3.10. The molecule has 1 atom stereocenters. The van der Waals surface area contributed by atoms with Crippen LogP contribution < -0.4 is 0 Å². The van der Waals surface area contributed by atoms with Gasteiger partial charge in [-0.05, 0) is 36.1 Å². The van der Waals surface area contributed by atoms with Gasteiger partial charge in [-0.25, -0.2) is 4.68 Å². The second kappa shape index (κ2) is 5.90. The van der Waals surface area contributed by atoms with Crippen molar-refractivity contribution in [2.45, 2.75) is 38.6 Å². The highest BCUT2D eigenvalue weighted by Gasteiger charge is 2.36. The van der Waals surface area contributed by atoms with E-state index in [0.29, 0.717) is 31.4 Å². The fraction of sp³-hybridized carbons (Fsp3) is 0.818. The van der Waals surface area contributed by atoms with E-state index in [9.17, 15) is 4.79 Å². The van der Waals surface area contributed by atoms with Crippen LogP contribution in [0.15, 0.2) is 0 Å². The summed E-state index contributed by atoms with van der Waals surface area (Å²) in [4.78, 5) is 10.9. The number of nitrogens with zero attached hydrogens (tertiary/aromatic N) is 4. The summed E-state index contributed by atoms with van der Waals surface area (Å²) in [6.07, 6.45) is 2.81. The quantitative estimate of drug-likeness (QED) is 0.686. The summed E-state index contributed by atoms with van der Waals surface area (Å²) in [5.41, 5.74) is 0. The maximum Gasteiger partial charge on any atom is 0.305 e. The Bertz CT molecular complexity index is 403. The van der Waals surface area contributed by atoms with Crippen LogP contribution in [0.1, 0.15) is 38.1 Å². The Morgan fingerprint density at radius 1 is 1.61 bits per heavy atom. The second-order valence-corrected chi connectivity index (χ2v) is 4.49. The Hall–Kier alpha value is -1.50. The van der Waals surface area contributed by atoms with Gasteiger partial charge in [-0.2, -0.15) is 0 Å². The van der Waals surface area contributed by atoms with E-state index in [2.05, 4.69) is 15.5 Å². The average molecular weight is 254 g/mol. The number of tetrazole rings is 1. The second-order valence-electron chi connectivity index (χ2n) is 4.49. The highest BCUT2D eigenvalue weighted by molar-refractivity contribution is 5.67. The normalized spacial score (nSPS) is 16.7. The maximum atomic E-state index is 10.9. The molecule has 100 valence electrons. The number of aliphatic carboxylic acids is 1. The number of carbonyl (C=O) groups is 1. The minimum Gasteiger partial charge on any atom is -0.481 e. The molecule has 1 unspecified atom stereocenters. The smallest absolute Gasteiger partial charge is 0.305 e. The first kappa shape index (κ1) is 12.9. The van der Waals surface area contributed by atoms with Gasteiger partial charge in [0.15, 0.2) is 5.82 Å². The van der Waals surface area contributed by atoms with Crippen molar-refractivity contribution in [3.8, 4) is 0 Å². The SMILES string of the molecule is CCOCCc1nnnn1C(CC(=O)O)C1CC1. The molecule has 1 N–H and O–H groups in total. The number of hydrogen-bond acceptors (Lipinski definition) is 5. The fourth-order valence-corrected chi connectivity index (χ4v) is 2.05. The standard InChI is InChI=1S/C11H18N4O3/c1-2-18-6-5-10-12-13-14-15(10)9(7-11(16)17)8-3-4-8/h8-9H,2-7H2,1H3,(H,16,17). The Balaban J connectivity index is 2.04. The zero-order valence-corrected chi connectivity index (χ0v) is 10.4. The van der Waals surface area contributed by atoms with Crippen LogP contribution in [-0.2, 0) is 16.0 Å². The number of rotatable bonds is 8. The first-order valence-electron chi connectivity index (χ1n) is 6.28. The summed E-state index contributed by atoms with van der Waals surface area (Å²) in [7, 11) is 0. The minimum atomic E-state index is -0.807. The molecule has 0 aliphatic heterocycles. The highest BCUT2D eigenvalue weighted by atomic mass is 16.5. The topological polar surface area (TPSA) is 90.1 Å². The molecule has 0 bridgehead atoms. The monoisotopic (exact) mass is 254 g/mol. The predicted octanol–water partition coefficient (Wildman–Crippen LogP) is 0.678. The summed E-state index contributed by atoms with van der Waals surface area (Å²) in [5, 5.41) is 20.5. The van der Waals surface area contributed by atoms with E-state index >= 15 is 0 Å². The molecule has 0 amide bonds. The fourth-order valence-electron chi connectivity index (χ4n) is 2.05. The van der Waals surface area contributed by atoms with Crippen molar-refractivity contribution in [1.82, 2.24) is 20.2 Å². The summed E-state index contributed by atoms with van der Waals surface area (Å²) in [6, 6.07) is -0.117. The summed E-state index contributed by atoms with van der Waals surface area (Å²) < 4.78 is 6.94. The zero-order chi connectivity index (χ0) is 13.0. The summed E-state index contributed by atoms with van der Waals surface area (Å²) >= 11 is 0. The van der Waals surface area contributed by atoms with Gasteiger partial charge in [-0.15, -0.1) is 5.10 Å². The molecule has 7 heteroatoms. The molecule has 7 nitrogen and oxygen atoms in total. The largest absolute Gasteiger partial charge is 0.481 e. The van der Waals surface area contributed by atoms with Crippen molar-refractivity contribution in [2.24, 2.45) is 5.92 Å². The molecule has 0 spiro atoms. The summed E-state index contributed by atoms with van der Waals surface area (Å²) in [6.45, 7) is 3.14. The lowest BCUT2D eigenvalue weighted by atomic mass is 10.1. The van der Waals surface area contributed by atoms with Gasteiger partial charge in [0.05, 0.1) is 19.1 Å².